The summed E-state index contributed by atoms with van der Waals surface area (Å²) in [5.41, 5.74) is 0. The fourth-order valence-corrected chi connectivity index (χ4v) is 6.50. The van der Waals surface area contributed by atoms with E-state index in [1.165, 1.54) is 47.7 Å². The van der Waals surface area contributed by atoms with Crippen molar-refractivity contribution in [1.29, 1.82) is 0 Å². The van der Waals surface area contributed by atoms with Gasteiger partial charge in [0.2, 0.25) is 5.91 Å². The predicted molar refractivity (Wildman–Crippen MR) is 100 cm³/mol. The highest BCUT2D eigenvalue weighted by Gasteiger charge is 2.34. The van der Waals surface area contributed by atoms with E-state index >= 15 is 0 Å². The molecule has 5 nitrogen and oxygen atoms in total. The van der Waals surface area contributed by atoms with Crippen molar-refractivity contribution < 1.29 is 13.2 Å². The zero-order valence-corrected chi connectivity index (χ0v) is 16.3. The Morgan fingerprint density at radius 3 is 2.48 bits per heavy atom. The lowest BCUT2D eigenvalue weighted by Gasteiger charge is -2.32. The first kappa shape index (κ1) is 18.9. The quantitative estimate of drug-likeness (QED) is 0.865. The molecule has 1 amide bonds. The second-order valence-electron chi connectivity index (χ2n) is 7.18. The molecule has 2 fully saturated rings. The lowest BCUT2D eigenvalue weighted by atomic mass is 9.94. The molecule has 2 heterocycles. The van der Waals surface area contributed by atoms with Gasteiger partial charge in [-0.05, 0) is 37.1 Å². The van der Waals surface area contributed by atoms with E-state index in [1.807, 2.05) is 0 Å². The summed E-state index contributed by atoms with van der Waals surface area (Å²) in [5.74, 6) is -0.189. The number of amides is 1. The van der Waals surface area contributed by atoms with Gasteiger partial charge >= 0.3 is 0 Å². The molecule has 1 saturated carbocycles. The minimum absolute atomic E-state index is 0.0386. The average molecular weight is 385 g/mol. The van der Waals surface area contributed by atoms with Crippen molar-refractivity contribution in [2.45, 2.75) is 68.0 Å². The molecular formula is C18H28N2O3S2. The highest BCUT2D eigenvalue weighted by Crippen LogP contribution is 2.27. The van der Waals surface area contributed by atoms with E-state index in [2.05, 4.69) is 5.32 Å². The molecule has 0 aromatic carbocycles. The van der Waals surface area contributed by atoms with E-state index in [9.17, 15) is 13.2 Å². The van der Waals surface area contributed by atoms with Crippen LogP contribution in [0.1, 0.15) is 57.8 Å². The van der Waals surface area contributed by atoms with Crippen LogP contribution in [0.15, 0.2) is 21.7 Å². The van der Waals surface area contributed by atoms with E-state index in [0.717, 1.165) is 25.7 Å². The molecule has 1 aliphatic heterocycles. The van der Waals surface area contributed by atoms with Crippen LogP contribution in [-0.4, -0.2) is 37.8 Å². The first-order valence-electron chi connectivity index (χ1n) is 9.41. The van der Waals surface area contributed by atoms with Crippen LogP contribution in [0.25, 0.3) is 0 Å². The molecule has 3 rings (SSSR count). The Bertz CT molecular complexity index is 650. The monoisotopic (exact) mass is 384 g/mol. The zero-order valence-electron chi connectivity index (χ0n) is 14.7. The van der Waals surface area contributed by atoms with Gasteiger partial charge in [-0.1, -0.05) is 38.2 Å². The van der Waals surface area contributed by atoms with Gasteiger partial charge in [-0.2, -0.15) is 4.31 Å². The minimum Gasteiger partial charge on any atom is -0.353 e. The number of sulfonamides is 1. The lowest BCUT2D eigenvalue weighted by molar-refractivity contribution is -0.126. The molecule has 1 atom stereocenters. The van der Waals surface area contributed by atoms with Crippen molar-refractivity contribution >= 4 is 27.3 Å². The molecule has 1 N–H and O–H groups in total. The number of carbonyl (C=O) groups is 1. The van der Waals surface area contributed by atoms with Crippen LogP contribution in [0, 0.1) is 5.92 Å². The van der Waals surface area contributed by atoms with E-state index < -0.39 is 10.0 Å². The summed E-state index contributed by atoms with van der Waals surface area (Å²) in [7, 11) is -3.46. The van der Waals surface area contributed by atoms with Crippen molar-refractivity contribution in [2.75, 3.05) is 13.1 Å². The lowest BCUT2D eigenvalue weighted by Crippen LogP contribution is -2.47. The summed E-state index contributed by atoms with van der Waals surface area (Å²) in [6.45, 7) is 0.812. The number of piperidine rings is 1. The summed E-state index contributed by atoms with van der Waals surface area (Å²) in [4.78, 5) is 12.7. The maximum absolute atomic E-state index is 12.7. The highest BCUT2D eigenvalue weighted by atomic mass is 32.2. The van der Waals surface area contributed by atoms with Gasteiger partial charge in [-0.25, -0.2) is 8.42 Å². The van der Waals surface area contributed by atoms with Crippen molar-refractivity contribution in [3.63, 3.8) is 0 Å². The molecule has 140 valence electrons. The number of hydrogen-bond donors (Lipinski definition) is 1. The van der Waals surface area contributed by atoms with Crippen molar-refractivity contribution in [1.82, 2.24) is 9.62 Å². The number of rotatable bonds is 4. The highest BCUT2D eigenvalue weighted by molar-refractivity contribution is 7.91. The Kier molecular flexibility index (Phi) is 6.52. The van der Waals surface area contributed by atoms with E-state index in [-0.39, 0.29) is 17.9 Å². The molecule has 0 spiro atoms. The number of hydrogen-bond acceptors (Lipinski definition) is 4. The van der Waals surface area contributed by atoms with Crippen molar-refractivity contribution in [3.8, 4) is 0 Å². The normalized spacial score (nSPS) is 24.4. The first-order valence-corrected chi connectivity index (χ1v) is 11.7. The predicted octanol–water partition coefficient (Wildman–Crippen LogP) is 3.38. The minimum atomic E-state index is -3.46. The van der Waals surface area contributed by atoms with Crippen LogP contribution < -0.4 is 5.32 Å². The Balaban J connectivity index is 1.59. The number of nitrogens with one attached hydrogen (secondary N) is 1. The van der Waals surface area contributed by atoms with Crippen LogP contribution in [0.2, 0.25) is 0 Å². The fraction of sp³-hybridized carbons (Fsp3) is 0.722. The summed E-state index contributed by atoms with van der Waals surface area (Å²) >= 11 is 1.24. The van der Waals surface area contributed by atoms with Gasteiger partial charge in [0.1, 0.15) is 4.21 Å². The van der Waals surface area contributed by atoms with Crippen molar-refractivity contribution in [2.24, 2.45) is 5.92 Å². The number of thiophene rings is 1. The summed E-state index contributed by atoms with van der Waals surface area (Å²) < 4.78 is 27.2. The van der Waals surface area contributed by atoms with Crippen LogP contribution in [0.5, 0.6) is 0 Å². The summed E-state index contributed by atoms with van der Waals surface area (Å²) in [6.07, 6.45) is 9.78. The Hall–Kier alpha value is -0.920. The number of carbonyl (C=O) groups excluding carboxylic acids is 1. The second kappa shape index (κ2) is 8.64. The third-order valence-corrected chi connectivity index (χ3v) is 8.53. The number of nitrogens with zero attached hydrogens (tertiary/aromatic N) is 1. The second-order valence-corrected chi connectivity index (χ2v) is 10.3. The molecule has 0 unspecified atom stereocenters. The summed E-state index contributed by atoms with van der Waals surface area (Å²) in [5, 5.41) is 4.98. The molecule has 25 heavy (non-hydrogen) atoms. The Morgan fingerprint density at radius 2 is 1.80 bits per heavy atom. The van der Waals surface area contributed by atoms with Crippen LogP contribution >= 0.6 is 11.3 Å². The SMILES string of the molecule is O=C(NC1CCCCCCC1)[C@@H]1CCCN(S(=O)(=O)c2cccs2)C1. The molecule has 2 aliphatic rings. The maximum Gasteiger partial charge on any atom is 0.252 e. The zero-order chi connectivity index (χ0) is 17.7. The molecule has 1 aromatic rings. The Morgan fingerprint density at radius 1 is 1.08 bits per heavy atom. The first-order chi connectivity index (χ1) is 12.1. The molecular weight excluding hydrogens is 356 g/mol. The van der Waals surface area contributed by atoms with E-state index in [4.69, 9.17) is 0 Å². The molecule has 0 radical (unpaired) electrons. The smallest absolute Gasteiger partial charge is 0.252 e. The van der Waals surface area contributed by atoms with Crippen LogP contribution in [0.4, 0.5) is 0 Å². The van der Waals surface area contributed by atoms with Gasteiger partial charge in [0.05, 0.1) is 5.92 Å². The van der Waals surface area contributed by atoms with Gasteiger partial charge in [0.25, 0.3) is 10.0 Å². The topological polar surface area (TPSA) is 66.5 Å². The van der Waals surface area contributed by atoms with E-state index in [1.54, 1.807) is 17.5 Å². The van der Waals surface area contributed by atoms with Crippen LogP contribution in [-0.2, 0) is 14.8 Å². The Labute approximate surface area is 154 Å². The molecule has 0 bridgehead atoms. The van der Waals surface area contributed by atoms with Crippen molar-refractivity contribution in [3.05, 3.63) is 17.5 Å². The van der Waals surface area contributed by atoms with Gasteiger partial charge < -0.3 is 5.32 Å². The van der Waals surface area contributed by atoms with Gasteiger partial charge in [-0.15, -0.1) is 11.3 Å². The average Bonchev–Trinajstić information content (AvgIpc) is 3.12. The molecule has 1 aliphatic carbocycles. The summed E-state index contributed by atoms with van der Waals surface area (Å²) in [6, 6.07) is 3.65. The van der Waals surface area contributed by atoms with E-state index in [0.29, 0.717) is 17.3 Å². The third kappa shape index (κ3) is 4.83. The standard InChI is InChI=1S/C18H28N2O3S2/c21-18(19-16-9-4-2-1-3-5-10-16)15-8-6-12-20(14-15)25(22,23)17-11-7-13-24-17/h7,11,13,15-16H,1-6,8-10,12,14H2,(H,19,21)/t15-/m1/s1. The van der Waals surface area contributed by atoms with Gasteiger partial charge in [0.15, 0.2) is 0 Å². The largest absolute Gasteiger partial charge is 0.353 e. The third-order valence-electron chi connectivity index (χ3n) is 5.30. The molecule has 7 heteroatoms. The van der Waals surface area contributed by atoms with Crippen LogP contribution in [0.3, 0.4) is 0 Å². The fourth-order valence-electron chi connectivity index (χ4n) is 3.83. The molecule has 1 aromatic heterocycles. The van der Waals surface area contributed by atoms with Gasteiger partial charge in [0, 0.05) is 19.1 Å². The molecule has 1 saturated heterocycles. The maximum atomic E-state index is 12.7. The van der Waals surface area contributed by atoms with Gasteiger partial charge in [-0.3, -0.25) is 4.79 Å².